The highest BCUT2D eigenvalue weighted by molar-refractivity contribution is 5.96. The van der Waals surface area contributed by atoms with Crippen molar-refractivity contribution in [3.63, 3.8) is 0 Å². The Morgan fingerprint density at radius 3 is 2.61 bits per heavy atom. The van der Waals surface area contributed by atoms with Gasteiger partial charge < -0.3 is 15.3 Å². The van der Waals surface area contributed by atoms with Gasteiger partial charge in [-0.1, -0.05) is 25.5 Å². The van der Waals surface area contributed by atoms with Crippen molar-refractivity contribution < 1.29 is 9.90 Å². The highest BCUT2D eigenvalue weighted by atomic mass is 16.3. The van der Waals surface area contributed by atoms with E-state index in [9.17, 15) is 9.90 Å². The number of benzene rings is 1. The largest absolute Gasteiger partial charge is 0.507 e. The Hall–Kier alpha value is -1.55. The standard InChI is InChI=1S/C14H22N2O2/c1-4-16(5-2)9-8-15-14(18)12-10-11(3)6-7-13(12)17/h6-7,10,17H,4-5,8-9H2,1-3H3,(H,15,18). The van der Waals surface area contributed by atoms with E-state index in [0.717, 1.165) is 25.2 Å². The quantitative estimate of drug-likeness (QED) is 0.809. The van der Waals surface area contributed by atoms with Crippen molar-refractivity contribution in [3.05, 3.63) is 29.3 Å². The number of nitrogens with zero attached hydrogens (tertiary/aromatic N) is 1. The fourth-order valence-corrected chi connectivity index (χ4v) is 1.79. The fourth-order valence-electron chi connectivity index (χ4n) is 1.79. The van der Waals surface area contributed by atoms with Gasteiger partial charge in [-0.2, -0.15) is 0 Å². The molecule has 18 heavy (non-hydrogen) atoms. The van der Waals surface area contributed by atoms with Crippen LogP contribution in [0, 0.1) is 6.92 Å². The lowest BCUT2D eigenvalue weighted by Gasteiger charge is -2.18. The Morgan fingerprint density at radius 1 is 1.33 bits per heavy atom. The van der Waals surface area contributed by atoms with Crippen molar-refractivity contribution in [1.82, 2.24) is 10.2 Å². The Kier molecular flexibility index (Phi) is 5.65. The summed E-state index contributed by atoms with van der Waals surface area (Å²) in [5, 5.41) is 12.5. The van der Waals surface area contributed by atoms with Gasteiger partial charge in [-0.15, -0.1) is 0 Å². The van der Waals surface area contributed by atoms with Crippen molar-refractivity contribution in [2.75, 3.05) is 26.2 Å². The van der Waals surface area contributed by atoms with Crippen molar-refractivity contribution >= 4 is 5.91 Å². The lowest BCUT2D eigenvalue weighted by atomic mass is 10.1. The van der Waals surface area contributed by atoms with E-state index in [4.69, 9.17) is 0 Å². The van der Waals surface area contributed by atoms with Crippen LogP contribution >= 0.6 is 0 Å². The highest BCUT2D eigenvalue weighted by Gasteiger charge is 2.10. The van der Waals surface area contributed by atoms with E-state index in [0.29, 0.717) is 12.1 Å². The third kappa shape index (κ3) is 4.04. The number of aromatic hydroxyl groups is 1. The molecule has 0 radical (unpaired) electrons. The zero-order valence-corrected chi connectivity index (χ0v) is 11.4. The Morgan fingerprint density at radius 2 is 2.00 bits per heavy atom. The monoisotopic (exact) mass is 250 g/mol. The average molecular weight is 250 g/mol. The van der Waals surface area contributed by atoms with E-state index >= 15 is 0 Å². The van der Waals surface area contributed by atoms with Crippen LogP contribution in [0.4, 0.5) is 0 Å². The fraction of sp³-hybridized carbons (Fsp3) is 0.500. The molecule has 0 bridgehead atoms. The molecule has 100 valence electrons. The van der Waals surface area contributed by atoms with Crippen LogP contribution in [0.15, 0.2) is 18.2 Å². The van der Waals surface area contributed by atoms with E-state index in [2.05, 4.69) is 24.1 Å². The molecule has 1 amide bonds. The topological polar surface area (TPSA) is 52.6 Å². The minimum atomic E-state index is -0.219. The number of rotatable bonds is 6. The van der Waals surface area contributed by atoms with E-state index in [1.165, 1.54) is 0 Å². The SMILES string of the molecule is CCN(CC)CCNC(=O)c1cc(C)ccc1O. The molecule has 1 rings (SSSR count). The molecule has 0 aliphatic rings. The predicted molar refractivity (Wildman–Crippen MR) is 73.0 cm³/mol. The third-order valence-corrected chi connectivity index (χ3v) is 3.00. The minimum Gasteiger partial charge on any atom is -0.507 e. The van der Waals surface area contributed by atoms with Crippen molar-refractivity contribution in [2.45, 2.75) is 20.8 Å². The van der Waals surface area contributed by atoms with E-state index in [1.807, 2.05) is 6.92 Å². The first-order chi connectivity index (χ1) is 8.58. The Balaban J connectivity index is 2.53. The number of phenolic OH excluding ortho intramolecular Hbond substituents is 1. The van der Waals surface area contributed by atoms with Gasteiger partial charge in [-0.25, -0.2) is 0 Å². The first-order valence-corrected chi connectivity index (χ1v) is 6.38. The molecule has 0 heterocycles. The smallest absolute Gasteiger partial charge is 0.255 e. The first-order valence-electron chi connectivity index (χ1n) is 6.38. The van der Waals surface area contributed by atoms with Crippen molar-refractivity contribution in [2.24, 2.45) is 0 Å². The number of likely N-dealkylation sites (N-methyl/N-ethyl adjacent to an activating group) is 1. The molecule has 4 heteroatoms. The summed E-state index contributed by atoms with van der Waals surface area (Å²) in [5.74, 6) is -0.190. The molecule has 0 aliphatic carbocycles. The molecule has 0 spiro atoms. The van der Waals surface area contributed by atoms with Gasteiger partial charge in [0.25, 0.3) is 5.91 Å². The molecule has 0 saturated heterocycles. The molecule has 4 nitrogen and oxygen atoms in total. The van der Waals surface area contributed by atoms with Gasteiger partial charge >= 0.3 is 0 Å². The van der Waals surface area contributed by atoms with Gasteiger partial charge in [0.1, 0.15) is 5.75 Å². The molecule has 0 saturated carbocycles. The maximum atomic E-state index is 11.9. The van der Waals surface area contributed by atoms with Gasteiger partial charge in [-0.05, 0) is 32.1 Å². The first kappa shape index (κ1) is 14.5. The maximum absolute atomic E-state index is 11.9. The summed E-state index contributed by atoms with van der Waals surface area (Å²) in [6.07, 6.45) is 0. The predicted octanol–water partition coefficient (Wildman–Crippen LogP) is 1.77. The van der Waals surface area contributed by atoms with Gasteiger partial charge in [0.15, 0.2) is 0 Å². The number of nitrogens with one attached hydrogen (secondary N) is 1. The van der Waals surface area contributed by atoms with Crippen LogP contribution in [-0.4, -0.2) is 42.1 Å². The molecule has 1 aromatic rings. The summed E-state index contributed by atoms with van der Waals surface area (Å²) >= 11 is 0. The molecule has 0 unspecified atom stereocenters. The summed E-state index contributed by atoms with van der Waals surface area (Å²) < 4.78 is 0. The van der Waals surface area contributed by atoms with Gasteiger partial charge in [0.05, 0.1) is 5.56 Å². The summed E-state index contributed by atoms with van der Waals surface area (Å²) in [6, 6.07) is 5.03. The normalized spacial score (nSPS) is 10.7. The van der Waals surface area contributed by atoms with Crippen LogP contribution in [0.5, 0.6) is 5.75 Å². The van der Waals surface area contributed by atoms with Gasteiger partial charge in [0.2, 0.25) is 0 Å². The van der Waals surface area contributed by atoms with E-state index in [-0.39, 0.29) is 11.7 Å². The summed E-state index contributed by atoms with van der Waals surface area (Å²) in [6.45, 7) is 9.45. The Bertz CT molecular complexity index is 401. The molecule has 0 fully saturated rings. The zero-order chi connectivity index (χ0) is 13.5. The molecular formula is C14H22N2O2. The number of carbonyl (C=O) groups is 1. The molecule has 2 N–H and O–H groups in total. The maximum Gasteiger partial charge on any atom is 0.255 e. The van der Waals surface area contributed by atoms with Crippen LogP contribution in [0.25, 0.3) is 0 Å². The lowest BCUT2D eigenvalue weighted by Crippen LogP contribution is -2.34. The van der Waals surface area contributed by atoms with Crippen molar-refractivity contribution in [1.29, 1.82) is 0 Å². The van der Waals surface area contributed by atoms with Crippen LogP contribution < -0.4 is 5.32 Å². The number of carbonyl (C=O) groups excluding carboxylic acids is 1. The summed E-state index contributed by atoms with van der Waals surface area (Å²) in [7, 11) is 0. The average Bonchev–Trinajstić information content (AvgIpc) is 2.37. The lowest BCUT2D eigenvalue weighted by molar-refractivity contribution is 0.0946. The van der Waals surface area contributed by atoms with Crippen LogP contribution in [0.1, 0.15) is 29.8 Å². The molecule has 1 aromatic carbocycles. The molecule has 0 atom stereocenters. The summed E-state index contributed by atoms with van der Waals surface area (Å²) in [4.78, 5) is 14.1. The second-order valence-corrected chi connectivity index (χ2v) is 4.30. The molecular weight excluding hydrogens is 228 g/mol. The number of aryl methyl sites for hydroxylation is 1. The zero-order valence-electron chi connectivity index (χ0n) is 11.4. The van der Waals surface area contributed by atoms with Crippen molar-refractivity contribution in [3.8, 4) is 5.75 Å². The number of hydrogen-bond acceptors (Lipinski definition) is 3. The summed E-state index contributed by atoms with van der Waals surface area (Å²) in [5.41, 5.74) is 1.30. The molecule has 0 aromatic heterocycles. The number of amides is 1. The van der Waals surface area contributed by atoms with Crippen LogP contribution in [-0.2, 0) is 0 Å². The second kappa shape index (κ2) is 7.01. The van der Waals surface area contributed by atoms with Crippen LogP contribution in [0.3, 0.4) is 0 Å². The van der Waals surface area contributed by atoms with Gasteiger partial charge in [-0.3, -0.25) is 4.79 Å². The molecule has 0 aliphatic heterocycles. The van der Waals surface area contributed by atoms with E-state index < -0.39 is 0 Å². The number of hydrogen-bond donors (Lipinski definition) is 2. The Labute approximate surface area is 109 Å². The minimum absolute atomic E-state index is 0.0286. The van der Waals surface area contributed by atoms with Gasteiger partial charge in [0, 0.05) is 13.1 Å². The second-order valence-electron chi connectivity index (χ2n) is 4.30. The van der Waals surface area contributed by atoms with E-state index in [1.54, 1.807) is 18.2 Å². The third-order valence-electron chi connectivity index (χ3n) is 3.00. The number of phenols is 1. The van der Waals surface area contributed by atoms with Crippen LogP contribution in [0.2, 0.25) is 0 Å². The highest BCUT2D eigenvalue weighted by Crippen LogP contribution is 2.17.